The van der Waals surface area contributed by atoms with Gasteiger partial charge in [0.1, 0.15) is 17.7 Å². The molecule has 0 radical (unpaired) electrons. The van der Waals surface area contributed by atoms with Crippen LogP contribution in [0.5, 0.6) is 0 Å². The number of fused-ring (bicyclic) bond motifs is 1. The first kappa shape index (κ1) is 24.9. The number of hydrogen-bond acceptors (Lipinski definition) is 8. The summed E-state index contributed by atoms with van der Waals surface area (Å²) in [4.78, 5) is 48.5. The zero-order chi connectivity index (χ0) is 25.9. The molecule has 1 aromatic heterocycles. The van der Waals surface area contributed by atoms with Gasteiger partial charge in [0.2, 0.25) is 5.91 Å². The number of methoxy groups -OCH3 is 1. The van der Waals surface area contributed by atoms with Gasteiger partial charge in [0.15, 0.2) is 0 Å². The highest BCUT2D eigenvalue weighted by atomic mass is 16.6. The lowest BCUT2D eigenvalue weighted by atomic mass is 10.0. The van der Waals surface area contributed by atoms with E-state index in [9.17, 15) is 14.4 Å². The van der Waals surface area contributed by atoms with E-state index in [1.165, 1.54) is 18.3 Å². The second kappa shape index (κ2) is 10.2. The van der Waals surface area contributed by atoms with Crippen molar-refractivity contribution in [2.75, 3.05) is 30.8 Å². The third-order valence-electron chi connectivity index (χ3n) is 5.74. The fourth-order valence-electron chi connectivity index (χ4n) is 4.10. The molecule has 0 bridgehead atoms. The van der Waals surface area contributed by atoms with Crippen LogP contribution in [0.3, 0.4) is 0 Å². The number of esters is 1. The summed E-state index contributed by atoms with van der Waals surface area (Å²) < 4.78 is 10.4. The number of nitrogens with one attached hydrogen (secondary N) is 2. The van der Waals surface area contributed by atoms with Crippen molar-refractivity contribution in [1.29, 1.82) is 0 Å². The summed E-state index contributed by atoms with van der Waals surface area (Å²) in [5.74, 6) is -0.897. The van der Waals surface area contributed by atoms with Gasteiger partial charge in [0.25, 0.3) is 0 Å². The summed E-state index contributed by atoms with van der Waals surface area (Å²) in [5.41, 5.74) is 0.722. The molecule has 1 aliphatic rings. The fraction of sp³-hybridized carbons (Fsp3) is 0.346. The van der Waals surface area contributed by atoms with Crippen LogP contribution in [0.25, 0.3) is 10.9 Å². The third-order valence-corrected chi connectivity index (χ3v) is 5.74. The number of anilines is 2. The zero-order valence-corrected chi connectivity index (χ0v) is 20.6. The molecule has 2 atom stereocenters. The highest BCUT2D eigenvalue weighted by Gasteiger charge is 2.41. The SMILES string of the molecule is COC(=O)c1cccc2c(N[C@@H]3CN(C(=O)OC(C)(C)C)C[C@H]3C(=O)Nc3ccccc3)ncnc12. The molecule has 2 heterocycles. The Labute approximate surface area is 209 Å². The minimum absolute atomic E-state index is 0.168. The smallest absolute Gasteiger partial charge is 0.410 e. The molecule has 188 valence electrons. The van der Waals surface area contributed by atoms with E-state index >= 15 is 0 Å². The summed E-state index contributed by atoms with van der Waals surface area (Å²) in [6, 6.07) is 13.8. The number of carbonyl (C=O) groups is 3. The number of hydrogen-bond donors (Lipinski definition) is 2. The topological polar surface area (TPSA) is 123 Å². The van der Waals surface area contributed by atoms with E-state index in [4.69, 9.17) is 9.47 Å². The molecule has 2 aromatic carbocycles. The molecular weight excluding hydrogens is 462 g/mol. The van der Waals surface area contributed by atoms with Crippen molar-refractivity contribution in [2.45, 2.75) is 32.4 Å². The number of carbonyl (C=O) groups excluding carboxylic acids is 3. The van der Waals surface area contributed by atoms with E-state index in [0.29, 0.717) is 28.0 Å². The molecule has 0 spiro atoms. The fourth-order valence-corrected chi connectivity index (χ4v) is 4.10. The number of nitrogens with zero attached hydrogens (tertiary/aromatic N) is 3. The van der Waals surface area contributed by atoms with Crippen LogP contribution < -0.4 is 10.6 Å². The lowest BCUT2D eigenvalue weighted by Gasteiger charge is -2.24. The molecule has 2 amide bonds. The molecule has 1 aliphatic heterocycles. The highest BCUT2D eigenvalue weighted by Crippen LogP contribution is 2.28. The van der Waals surface area contributed by atoms with Gasteiger partial charge in [0.05, 0.1) is 30.1 Å². The van der Waals surface area contributed by atoms with Crippen LogP contribution in [-0.2, 0) is 14.3 Å². The molecule has 0 aliphatic carbocycles. The summed E-state index contributed by atoms with van der Waals surface area (Å²) in [6.07, 6.45) is 0.848. The van der Waals surface area contributed by atoms with Crippen molar-refractivity contribution in [2.24, 2.45) is 5.92 Å². The summed E-state index contributed by atoms with van der Waals surface area (Å²) in [7, 11) is 1.31. The number of likely N-dealkylation sites (tertiary alicyclic amines) is 1. The maximum atomic E-state index is 13.3. The molecule has 0 unspecified atom stereocenters. The minimum Gasteiger partial charge on any atom is -0.465 e. The number of ether oxygens (including phenoxy) is 2. The van der Waals surface area contributed by atoms with Crippen molar-refractivity contribution in [3.63, 3.8) is 0 Å². The minimum atomic E-state index is -0.669. The predicted octanol–water partition coefficient (Wildman–Crippen LogP) is 3.70. The molecule has 2 N–H and O–H groups in total. The van der Waals surface area contributed by atoms with E-state index in [0.717, 1.165) is 0 Å². The zero-order valence-electron chi connectivity index (χ0n) is 20.6. The summed E-state index contributed by atoms with van der Waals surface area (Å²) >= 11 is 0. The number of aromatic nitrogens is 2. The van der Waals surface area contributed by atoms with Crippen LogP contribution in [0.2, 0.25) is 0 Å². The summed E-state index contributed by atoms with van der Waals surface area (Å²) in [6.45, 7) is 5.78. The van der Waals surface area contributed by atoms with Crippen LogP contribution >= 0.6 is 0 Å². The first-order chi connectivity index (χ1) is 17.2. The van der Waals surface area contributed by atoms with E-state index < -0.39 is 29.6 Å². The second-order valence-electron chi connectivity index (χ2n) is 9.51. The Morgan fingerprint density at radius 1 is 1.00 bits per heavy atom. The van der Waals surface area contributed by atoms with Crippen LogP contribution in [0.1, 0.15) is 31.1 Å². The van der Waals surface area contributed by atoms with Crippen molar-refractivity contribution in [3.05, 3.63) is 60.4 Å². The maximum absolute atomic E-state index is 13.3. The molecule has 1 saturated heterocycles. The van der Waals surface area contributed by atoms with Crippen molar-refractivity contribution >= 4 is 40.4 Å². The molecular formula is C26H29N5O5. The Balaban J connectivity index is 1.64. The predicted molar refractivity (Wildman–Crippen MR) is 135 cm³/mol. The van der Waals surface area contributed by atoms with Crippen molar-refractivity contribution < 1.29 is 23.9 Å². The standard InChI is InChI=1S/C26H29N5O5/c1-26(2,3)36-25(34)31-13-19(23(32)29-16-9-6-5-7-10-16)20(14-31)30-22-17-11-8-12-18(24(33)35-4)21(17)27-15-28-22/h5-12,15,19-20H,13-14H2,1-4H3,(H,29,32)(H,27,28,30)/t19-,20-/m1/s1. The third kappa shape index (κ3) is 5.54. The van der Waals surface area contributed by atoms with E-state index in [-0.39, 0.29) is 19.0 Å². The van der Waals surface area contributed by atoms with Gasteiger partial charge in [0, 0.05) is 24.2 Å². The first-order valence-corrected chi connectivity index (χ1v) is 11.6. The Morgan fingerprint density at radius 3 is 2.44 bits per heavy atom. The van der Waals surface area contributed by atoms with Gasteiger partial charge in [-0.1, -0.05) is 24.3 Å². The molecule has 0 saturated carbocycles. The van der Waals surface area contributed by atoms with Gasteiger partial charge in [-0.05, 0) is 45.0 Å². The van der Waals surface area contributed by atoms with Crippen molar-refractivity contribution in [1.82, 2.24) is 14.9 Å². The van der Waals surface area contributed by atoms with Gasteiger partial charge < -0.3 is 25.0 Å². The van der Waals surface area contributed by atoms with Gasteiger partial charge >= 0.3 is 12.1 Å². The average molecular weight is 492 g/mol. The molecule has 1 fully saturated rings. The van der Waals surface area contributed by atoms with Crippen LogP contribution in [0.4, 0.5) is 16.3 Å². The maximum Gasteiger partial charge on any atom is 0.410 e. The molecule has 4 rings (SSSR count). The lowest BCUT2D eigenvalue weighted by molar-refractivity contribution is -0.119. The Bertz CT molecular complexity index is 1270. The largest absolute Gasteiger partial charge is 0.465 e. The van der Waals surface area contributed by atoms with Crippen LogP contribution in [0, 0.1) is 5.92 Å². The molecule has 10 heteroatoms. The quantitative estimate of drug-likeness (QED) is 0.518. The summed E-state index contributed by atoms with van der Waals surface area (Å²) in [5, 5.41) is 6.84. The number of rotatable bonds is 5. The Hall–Kier alpha value is -4.21. The van der Waals surface area contributed by atoms with E-state index in [1.807, 2.05) is 18.2 Å². The van der Waals surface area contributed by atoms with E-state index in [1.54, 1.807) is 51.1 Å². The number of amides is 2. The van der Waals surface area contributed by atoms with Crippen LogP contribution in [-0.4, -0.2) is 64.7 Å². The molecule has 36 heavy (non-hydrogen) atoms. The first-order valence-electron chi connectivity index (χ1n) is 11.6. The van der Waals surface area contributed by atoms with E-state index in [2.05, 4.69) is 20.6 Å². The lowest BCUT2D eigenvalue weighted by Crippen LogP contribution is -2.37. The van der Waals surface area contributed by atoms with Gasteiger partial charge in [-0.15, -0.1) is 0 Å². The monoisotopic (exact) mass is 491 g/mol. The number of para-hydroxylation sites is 2. The van der Waals surface area contributed by atoms with Gasteiger partial charge in [-0.2, -0.15) is 0 Å². The van der Waals surface area contributed by atoms with Crippen molar-refractivity contribution in [3.8, 4) is 0 Å². The van der Waals surface area contributed by atoms with Gasteiger partial charge in [-0.3, -0.25) is 4.79 Å². The normalized spacial score (nSPS) is 17.5. The molecule has 3 aromatic rings. The Morgan fingerprint density at radius 2 is 1.75 bits per heavy atom. The van der Waals surface area contributed by atoms with Gasteiger partial charge in [-0.25, -0.2) is 19.6 Å². The second-order valence-corrected chi connectivity index (χ2v) is 9.51. The molecule has 10 nitrogen and oxygen atoms in total. The van der Waals surface area contributed by atoms with Crippen LogP contribution in [0.15, 0.2) is 54.9 Å². The number of benzene rings is 2. The highest BCUT2D eigenvalue weighted by molar-refractivity contribution is 6.05. The average Bonchev–Trinajstić information content (AvgIpc) is 3.27. The Kier molecular flexibility index (Phi) is 7.05.